The van der Waals surface area contributed by atoms with E-state index in [0.29, 0.717) is 5.92 Å². The van der Waals surface area contributed by atoms with E-state index >= 15 is 0 Å². The Hall–Kier alpha value is -1.59. The van der Waals surface area contributed by atoms with Gasteiger partial charge in [-0.25, -0.2) is 4.99 Å². The molecule has 1 spiro atoms. The van der Waals surface area contributed by atoms with Crippen molar-refractivity contribution in [1.29, 1.82) is 0 Å². The molecule has 4 nitrogen and oxygen atoms in total. The zero-order valence-electron chi connectivity index (χ0n) is 13.7. The van der Waals surface area contributed by atoms with Gasteiger partial charge in [-0.2, -0.15) is 0 Å². The zero-order chi connectivity index (χ0) is 15.6. The highest BCUT2D eigenvalue weighted by atomic mass is 32.1. The summed E-state index contributed by atoms with van der Waals surface area (Å²) >= 11 is 1.87. The third kappa shape index (κ3) is 2.03. The maximum absolute atomic E-state index is 5.19. The van der Waals surface area contributed by atoms with Gasteiger partial charge in [-0.15, -0.1) is 11.3 Å². The molecule has 1 aromatic rings. The predicted octanol–water partition coefficient (Wildman–Crippen LogP) is 2.93. The fourth-order valence-electron chi connectivity index (χ4n) is 4.00. The highest BCUT2D eigenvalue weighted by Crippen LogP contribution is 2.56. The minimum absolute atomic E-state index is 0. The number of piperazine rings is 1. The lowest BCUT2D eigenvalue weighted by atomic mass is 10.1. The minimum Gasteiger partial charge on any atom is -0.365 e. The second-order valence-electron chi connectivity index (χ2n) is 7.17. The van der Waals surface area contributed by atoms with Crippen LogP contribution in [0.4, 0.5) is 5.00 Å². The van der Waals surface area contributed by atoms with Crippen molar-refractivity contribution in [2.45, 2.75) is 18.9 Å². The number of amidine groups is 1. The van der Waals surface area contributed by atoms with Crippen molar-refractivity contribution in [3.05, 3.63) is 40.4 Å². The van der Waals surface area contributed by atoms with Gasteiger partial charge in [0.05, 0.1) is 16.8 Å². The lowest BCUT2D eigenvalue weighted by Gasteiger charge is -2.34. The standard InChI is InChI=1S/C18H22N4S.H2/c1-12-10-14-16(22-8-6-21(2)7-9-22)19-15-5-3-4-13-11-18(13,15)20-17(14)23-12;/h3-5,10,13,20H,6-9,11H2,1-2H3;1H. The number of rotatable bonds is 0. The van der Waals surface area contributed by atoms with Gasteiger partial charge < -0.3 is 15.1 Å². The van der Waals surface area contributed by atoms with Crippen molar-refractivity contribution in [3.63, 3.8) is 0 Å². The van der Waals surface area contributed by atoms with Gasteiger partial charge >= 0.3 is 0 Å². The van der Waals surface area contributed by atoms with Crippen LogP contribution in [0.1, 0.15) is 18.3 Å². The van der Waals surface area contributed by atoms with Crippen molar-refractivity contribution in [3.8, 4) is 0 Å². The van der Waals surface area contributed by atoms with E-state index in [0.717, 1.165) is 26.2 Å². The number of hydrogen-bond acceptors (Lipinski definition) is 5. The van der Waals surface area contributed by atoms with E-state index in [9.17, 15) is 0 Å². The number of thiophene rings is 1. The fourth-order valence-corrected chi connectivity index (χ4v) is 4.99. The summed E-state index contributed by atoms with van der Waals surface area (Å²) in [5, 5.41) is 5.16. The van der Waals surface area contributed by atoms with Crippen molar-refractivity contribution in [2.24, 2.45) is 10.9 Å². The van der Waals surface area contributed by atoms with E-state index in [1.54, 1.807) is 0 Å². The van der Waals surface area contributed by atoms with Crippen LogP contribution in [0.3, 0.4) is 0 Å². The number of aliphatic imine (C=N–C) groups is 1. The smallest absolute Gasteiger partial charge is 0.139 e. The van der Waals surface area contributed by atoms with Crippen LogP contribution in [0.5, 0.6) is 0 Å². The quantitative estimate of drug-likeness (QED) is 0.794. The molecule has 122 valence electrons. The van der Waals surface area contributed by atoms with Gasteiger partial charge in [0.25, 0.3) is 0 Å². The molecule has 23 heavy (non-hydrogen) atoms. The van der Waals surface area contributed by atoms with Crippen molar-refractivity contribution in [1.82, 2.24) is 9.80 Å². The number of aryl methyl sites for hydroxylation is 1. The van der Waals surface area contributed by atoms with E-state index in [4.69, 9.17) is 4.99 Å². The Morgan fingerprint density at radius 2 is 2.17 bits per heavy atom. The van der Waals surface area contributed by atoms with Gasteiger partial charge in [-0.05, 0) is 32.5 Å². The summed E-state index contributed by atoms with van der Waals surface area (Å²) in [4.78, 5) is 11.4. The van der Waals surface area contributed by atoms with Crippen LogP contribution in [0.15, 0.2) is 35.0 Å². The average molecular weight is 328 g/mol. The molecule has 1 aromatic heterocycles. The van der Waals surface area contributed by atoms with E-state index in [1.807, 2.05) is 11.3 Å². The molecule has 3 heterocycles. The monoisotopic (exact) mass is 328 g/mol. The van der Waals surface area contributed by atoms with Gasteiger partial charge in [-0.3, -0.25) is 0 Å². The number of nitrogens with zero attached hydrogens (tertiary/aromatic N) is 3. The summed E-state index contributed by atoms with van der Waals surface area (Å²) in [7, 11) is 2.20. The Morgan fingerprint density at radius 3 is 3.00 bits per heavy atom. The normalized spacial score (nSPS) is 32.1. The molecule has 1 saturated heterocycles. The molecule has 1 saturated carbocycles. The molecule has 2 atom stereocenters. The van der Waals surface area contributed by atoms with Crippen LogP contribution in [0.25, 0.3) is 0 Å². The van der Waals surface area contributed by atoms with Gasteiger partial charge in [-0.1, -0.05) is 12.2 Å². The number of anilines is 1. The highest BCUT2D eigenvalue weighted by molar-refractivity contribution is 7.16. The first kappa shape index (κ1) is 13.8. The summed E-state index contributed by atoms with van der Waals surface area (Å²) in [5.74, 6) is 1.78. The van der Waals surface area contributed by atoms with Crippen LogP contribution in [-0.2, 0) is 0 Å². The lowest BCUT2D eigenvalue weighted by molar-refractivity contribution is 0.215. The molecule has 0 aromatic carbocycles. The SMILES string of the molecule is Cc1cc2c(s1)NC13CC1C=CC=C3N=C2N1CCN(C)CC1.[HH]. The Kier molecular flexibility index (Phi) is 2.83. The first-order valence-corrected chi connectivity index (χ1v) is 9.27. The zero-order valence-corrected chi connectivity index (χ0v) is 14.5. The van der Waals surface area contributed by atoms with Gasteiger partial charge in [0, 0.05) is 38.4 Å². The molecule has 2 unspecified atom stereocenters. The van der Waals surface area contributed by atoms with Crippen molar-refractivity contribution < 1.29 is 1.43 Å². The lowest BCUT2D eigenvalue weighted by Crippen LogP contribution is -2.47. The fraction of sp³-hybridized carbons (Fsp3) is 0.500. The molecule has 2 aliphatic heterocycles. The molecular weight excluding hydrogens is 304 g/mol. The molecule has 1 N–H and O–H groups in total. The summed E-state index contributed by atoms with van der Waals surface area (Å²) in [6.07, 6.45) is 7.89. The Morgan fingerprint density at radius 1 is 1.35 bits per heavy atom. The molecule has 0 radical (unpaired) electrons. The maximum atomic E-state index is 5.19. The molecule has 5 rings (SSSR count). The second-order valence-corrected chi connectivity index (χ2v) is 8.43. The highest BCUT2D eigenvalue weighted by Gasteiger charge is 2.58. The topological polar surface area (TPSA) is 30.9 Å². The number of nitrogens with one attached hydrogen (secondary N) is 1. The molecule has 2 fully saturated rings. The van der Waals surface area contributed by atoms with Crippen molar-refractivity contribution in [2.75, 3.05) is 38.5 Å². The minimum atomic E-state index is 0. The molecular formula is C18H24N4S. The predicted molar refractivity (Wildman–Crippen MR) is 98.5 cm³/mol. The molecule has 0 amide bonds. The molecule has 2 aliphatic carbocycles. The molecule has 0 bridgehead atoms. The third-order valence-corrected chi connectivity index (χ3v) is 6.50. The van der Waals surface area contributed by atoms with E-state index in [2.05, 4.69) is 53.4 Å². The Balaban J connectivity index is 0.00000146. The first-order chi connectivity index (χ1) is 11.2. The van der Waals surface area contributed by atoms with Crippen LogP contribution >= 0.6 is 11.3 Å². The summed E-state index contributed by atoms with van der Waals surface area (Å²) in [6.45, 7) is 6.53. The van der Waals surface area contributed by atoms with Gasteiger partial charge in [0.15, 0.2) is 0 Å². The average Bonchev–Trinajstić information content (AvgIpc) is 3.17. The van der Waals surface area contributed by atoms with Gasteiger partial charge in [0.2, 0.25) is 0 Å². The largest absolute Gasteiger partial charge is 0.365 e. The van der Waals surface area contributed by atoms with Crippen LogP contribution in [0.2, 0.25) is 0 Å². The number of likely N-dealkylation sites (N-methyl/N-ethyl adjacent to an activating group) is 1. The third-order valence-electron chi connectivity index (χ3n) is 5.53. The van der Waals surface area contributed by atoms with Crippen LogP contribution < -0.4 is 5.32 Å². The molecule has 5 heteroatoms. The van der Waals surface area contributed by atoms with E-state index in [1.165, 1.54) is 33.4 Å². The van der Waals surface area contributed by atoms with Crippen LogP contribution in [-0.4, -0.2) is 54.4 Å². The summed E-state index contributed by atoms with van der Waals surface area (Å²) < 4.78 is 0. The number of allylic oxidation sites excluding steroid dienone is 2. The van der Waals surface area contributed by atoms with Crippen molar-refractivity contribution >= 4 is 22.2 Å². The summed E-state index contributed by atoms with van der Waals surface area (Å²) in [6, 6.07) is 2.31. The van der Waals surface area contributed by atoms with Crippen LogP contribution in [0, 0.1) is 12.8 Å². The maximum Gasteiger partial charge on any atom is 0.139 e. The summed E-state index contributed by atoms with van der Waals surface area (Å²) in [5.41, 5.74) is 2.59. The van der Waals surface area contributed by atoms with Gasteiger partial charge in [0.1, 0.15) is 10.8 Å². The van der Waals surface area contributed by atoms with E-state index < -0.39 is 0 Å². The number of fused-ring (bicyclic) bond motifs is 1. The Labute approximate surface area is 142 Å². The second kappa shape index (κ2) is 4.71. The molecule has 4 aliphatic rings. The Bertz CT molecular complexity index is 757. The van der Waals surface area contributed by atoms with E-state index in [-0.39, 0.29) is 6.97 Å². The number of hydrogen-bond donors (Lipinski definition) is 1. The first-order valence-electron chi connectivity index (χ1n) is 8.46.